The van der Waals surface area contributed by atoms with Gasteiger partial charge in [0.15, 0.2) is 0 Å². The number of aromatic nitrogens is 2. The van der Waals surface area contributed by atoms with Crippen molar-refractivity contribution in [1.29, 1.82) is 0 Å². The zero-order valence-electron chi connectivity index (χ0n) is 30.1. The highest BCUT2D eigenvalue weighted by Gasteiger charge is 2.52. The quantitative estimate of drug-likeness (QED) is 0.221. The topological polar surface area (TPSA) is 129 Å². The van der Waals surface area contributed by atoms with Crippen LogP contribution in [-0.4, -0.2) is 91.0 Å². The summed E-state index contributed by atoms with van der Waals surface area (Å²) >= 11 is 0. The molecule has 5 heterocycles. The van der Waals surface area contributed by atoms with Crippen LogP contribution in [0.2, 0.25) is 0 Å². The van der Waals surface area contributed by atoms with Crippen LogP contribution < -0.4 is 19.9 Å². The van der Waals surface area contributed by atoms with Crippen LogP contribution in [0, 0.1) is 11.3 Å². The molecule has 0 saturated carbocycles. The van der Waals surface area contributed by atoms with Gasteiger partial charge >= 0.3 is 6.09 Å². The van der Waals surface area contributed by atoms with Gasteiger partial charge in [-0.05, 0) is 82.9 Å². The van der Waals surface area contributed by atoms with E-state index in [1.54, 1.807) is 44.6 Å². The van der Waals surface area contributed by atoms with Gasteiger partial charge in [0.25, 0.3) is 5.56 Å². The molecule has 0 atom stereocenters. The lowest BCUT2D eigenvalue weighted by atomic mass is 9.72. The number of ether oxygens (including phenoxy) is 2. The fourth-order valence-corrected chi connectivity index (χ4v) is 8.30. The van der Waals surface area contributed by atoms with Gasteiger partial charge in [-0.25, -0.2) is 13.2 Å². The molecule has 0 radical (unpaired) electrons. The predicted molar refractivity (Wildman–Crippen MR) is 200 cm³/mol. The van der Waals surface area contributed by atoms with E-state index in [0.29, 0.717) is 39.6 Å². The SMILES string of the molecule is CCS(=O)(=O)Nc1ccc(Oc2cccc(N3CC4(CN(CC5CCN(C(=O)OC(C)(C)C)CC5)C4)C3)c2)c(-c2cn(C)c(=O)c3[nH]ccc23)c1. The first kappa shape index (κ1) is 34.9. The number of sulfonamides is 1. The van der Waals surface area contributed by atoms with Crippen molar-refractivity contribution in [1.82, 2.24) is 19.4 Å². The summed E-state index contributed by atoms with van der Waals surface area (Å²) in [6, 6.07) is 15.1. The van der Waals surface area contributed by atoms with Crippen molar-refractivity contribution in [3.63, 3.8) is 0 Å². The molecule has 13 heteroatoms. The monoisotopic (exact) mass is 716 g/mol. The third-order valence-electron chi connectivity index (χ3n) is 10.2. The summed E-state index contributed by atoms with van der Waals surface area (Å²) in [6.45, 7) is 14.1. The zero-order valence-corrected chi connectivity index (χ0v) is 30.9. The molecule has 3 aliphatic rings. The second-order valence-electron chi connectivity index (χ2n) is 15.5. The van der Waals surface area contributed by atoms with Crippen LogP contribution >= 0.6 is 0 Å². The highest BCUT2D eigenvalue weighted by molar-refractivity contribution is 7.92. The van der Waals surface area contributed by atoms with Gasteiger partial charge in [-0.15, -0.1) is 0 Å². The number of hydrogen-bond acceptors (Lipinski definition) is 8. The van der Waals surface area contributed by atoms with Crippen LogP contribution in [-0.2, 0) is 21.8 Å². The number of rotatable bonds is 9. The fourth-order valence-electron chi connectivity index (χ4n) is 7.67. The molecule has 3 aliphatic heterocycles. The second-order valence-corrected chi connectivity index (χ2v) is 17.5. The van der Waals surface area contributed by atoms with Crippen LogP contribution in [0.1, 0.15) is 40.5 Å². The number of likely N-dealkylation sites (tertiary alicyclic amines) is 2. The molecule has 0 unspecified atom stereocenters. The van der Waals surface area contributed by atoms with E-state index in [1.165, 1.54) is 4.57 Å². The lowest BCUT2D eigenvalue weighted by Gasteiger charge is -2.61. The molecule has 2 aromatic heterocycles. The van der Waals surface area contributed by atoms with Crippen LogP contribution in [0.3, 0.4) is 0 Å². The van der Waals surface area contributed by atoms with Crippen LogP contribution in [0.25, 0.3) is 22.0 Å². The number of aryl methyl sites for hydroxylation is 1. The zero-order chi connectivity index (χ0) is 36.1. The number of nitrogens with one attached hydrogen (secondary N) is 2. The Hall–Kier alpha value is -4.49. The molecule has 3 fully saturated rings. The number of carbonyl (C=O) groups is 1. The third-order valence-corrected chi connectivity index (χ3v) is 11.5. The molecule has 272 valence electrons. The van der Waals surface area contributed by atoms with E-state index in [0.717, 1.165) is 75.3 Å². The number of H-pyrrole nitrogens is 1. The largest absolute Gasteiger partial charge is 0.457 e. The van der Waals surface area contributed by atoms with Gasteiger partial charge in [-0.1, -0.05) is 6.07 Å². The average molecular weight is 717 g/mol. The maximum atomic E-state index is 12.8. The van der Waals surface area contributed by atoms with Gasteiger partial charge in [-0.2, -0.15) is 0 Å². The molecule has 3 saturated heterocycles. The first-order chi connectivity index (χ1) is 24.2. The minimum atomic E-state index is -3.51. The van der Waals surface area contributed by atoms with Crippen molar-refractivity contribution in [2.75, 3.05) is 61.2 Å². The highest BCUT2D eigenvalue weighted by Crippen LogP contribution is 2.44. The molecular formula is C38H48N6O6S. The fraction of sp³-hybridized carbons (Fsp3) is 0.474. The molecule has 1 spiro atoms. The predicted octanol–water partition coefficient (Wildman–Crippen LogP) is 5.86. The van der Waals surface area contributed by atoms with Gasteiger partial charge in [0, 0.05) is 105 Å². The standard InChI is InChI=1S/C38H48N6O6S/c1-6-51(47,48)40-27-10-11-33(31(18-27)32-21-41(5)35(45)34-30(32)12-15-39-34)49-29-9-7-8-28(19-29)44-24-38(25-44)22-42(23-38)20-26-13-16-43(17-14-26)36(46)50-37(2,3)4/h7-12,15,18-19,21,26,39-40H,6,13-14,16-17,20,22-25H2,1-5H3. The number of fused-ring (bicyclic) bond motifs is 1. The summed E-state index contributed by atoms with van der Waals surface area (Å²) in [7, 11) is -1.81. The lowest BCUT2D eigenvalue weighted by Crippen LogP contribution is -2.72. The van der Waals surface area contributed by atoms with Crippen molar-refractivity contribution >= 4 is 38.4 Å². The van der Waals surface area contributed by atoms with Gasteiger partial charge in [0.1, 0.15) is 22.6 Å². The molecule has 1 amide bonds. The number of anilines is 2. The molecule has 0 bridgehead atoms. The Bertz CT molecular complexity index is 2100. The normalized spacial score (nSPS) is 18.1. The Kier molecular flexibility index (Phi) is 9.07. The van der Waals surface area contributed by atoms with E-state index in [4.69, 9.17) is 9.47 Å². The van der Waals surface area contributed by atoms with E-state index >= 15 is 0 Å². The number of piperidine rings is 1. The van der Waals surface area contributed by atoms with E-state index in [-0.39, 0.29) is 17.4 Å². The van der Waals surface area contributed by atoms with Gasteiger partial charge in [-0.3, -0.25) is 9.52 Å². The number of aromatic amines is 1. The molecule has 51 heavy (non-hydrogen) atoms. The first-order valence-electron chi connectivity index (χ1n) is 17.7. The first-order valence-corrected chi connectivity index (χ1v) is 19.4. The van der Waals surface area contributed by atoms with E-state index < -0.39 is 15.6 Å². The van der Waals surface area contributed by atoms with Crippen LogP contribution in [0.4, 0.5) is 16.2 Å². The number of carbonyl (C=O) groups excluding carboxylic acids is 1. The van der Waals surface area contributed by atoms with Crippen molar-refractivity contribution in [3.8, 4) is 22.6 Å². The number of nitrogens with zero attached hydrogens (tertiary/aromatic N) is 4. The summed E-state index contributed by atoms with van der Waals surface area (Å²) in [6.07, 6.45) is 5.30. The smallest absolute Gasteiger partial charge is 0.410 e. The van der Waals surface area contributed by atoms with Crippen molar-refractivity contribution in [3.05, 3.63) is 71.3 Å². The molecule has 4 aromatic rings. The van der Waals surface area contributed by atoms with Crippen molar-refractivity contribution in [2.24, 2.45) is 18.4 Å². The lowest BCUT2D eigenvalue weighted by molar-refractivity contribution is -0.0368. The summed E-state index contributed by atoms with van der Waals surface area (Å²) in [4.78, 5) is 35.1. The molecule has 0 aliphatic carbocycles. The second kappa shape index (κ2) is 13.2. The summed E-state index contributed by atoms with van der Waals surface area (Å²) in [5, 5.41) is 0.721. The third kappa shape index (κ3) is 7.45. The summed E-state index contributed by atoms with van der Waals surface area (Å²) < 4.78 is 41.1. The molecule has 2 N–H and O–H groups in total. The Labute approximate surface area is 299 Å². The number of amides is 1. The Balaban J connectivity index is 1.00. The average Bonchev–Trinajstić information content (AvgIpc) is 3.54. The maximum Gasteiger partial charge on any atom is 0.410 e. The Morgan fingerprint density at radius 1 is 1.02 bits per heavy atom. The van der Waals surface area contributed by atoms with Crippen LogP contribution in [0.15, 0.2) is 65.7 Å². The minimum Gasteiger partial charge on any atom is -0.457 e. The molecule has 12 nitrogen and oxygen atoms in total. The van der Waals surface area contributed by atoms with Gasteiger partial charge in [0.2, 0.25) is 10.0 Å². The molecule has 7 rings (SSSR count). The Morgan fingerprint density at radius 3 is 2.47 bits per heavy atom. The number of benzene rings is 2. The van der Waals surface area contributed by atoms with E-state index in [1.807, 2.05) is 49.9 Å². The van der Waals surface area contributed by atoms with E-state index in [2.05, 4.69) is 25.6 Å². The van der Waals surface area contributed by atoms with Crippen molar-refractivity contribution in [2.45, 2.75) is 46.1 Å². The minimum absolute atomic E-state index is 0.0537. The van der Waals surface area contributed by atoms with Crippen LogP contribution in [0.5, 0.6) is 11.5 Å². The van der Waals surface area contributed by atoms with Gasteiger partial charge in [0.05, 0.1) is 5.75 Å². The number of hydrogen-bond donors (Lipinski definition) is 2. The highest BCUT2D eigenvalue weighted by atomic mass is 32.2. The molecular weight excluding hydrogens is 669 g/mol. The number of pyridine rings is 1. The summed E-state index contributed by atoms with van der Waals surface area (Å²) in [5.41, 5.74) is 3.06. The van der Waals surface area contributed by atoms with E-state index in [9.17, 15) is 18.0 Å². The van der Waals surface area contributed by atoms with Gasteiger partial charge < -0.3 is 33.7 Å². The molecule has 2 aromatic carbocycles. The maximum absolute atomic E-state index is 12.8. The van der Waals surface area contributed by atoms with Crippen molar-refractivity contribution < 1.29 is 22.7 Å². The summed E-state index contributed by atoms with van der Waals surface area (Å²) in [5.74, 6) is 1.76. The Morgan fingerprint density at radius 2 is 1.76 bits per heavy atom.